The van der Waals surface area contributed by atoms with Gasteiger partial charge in [-0.2, -0.15) is 0 Å². The van der Waals surface area contributed by atoms with Gasteiger partial charge in [-0.3, -0.25) is 10.4 Å². The molecule has 1 aliphatic rings. The molecule has 10 heteroatoms. The molecule has 158 valence electrons. The second-order valence-corrected chi connectivity index (χ2v) is 8.41. The summed E-state index contributed by atoms with van der Waals surface area (Å²) in [6.07, 6.45) is 5.09. The third kappa shape index (κ3) is 6.70. The summed E-state index contributed by atoms with van der Waals surface area (Å²) < 4.78 is 5.97. The Bertz CT molecular complexity index is 764. The van der Waals surface area contributed by atoms with E-state index >= 15 is 0 Å². The van der Waals surface area contributed by atoms with Crippen LogP contribution in [0, 0.1) is 0 Å². The van der Waals surface area contributed by atoms with Crippen LogP contribution in [0.3, 0.4) is 0 Å². The van der Waals surface area contributed by atoms with Crippen molar-refractivity contribution in [2.45, 2.75) is 31.4 Å². The quantitative estimate of drug-likeness (QED) is 0.277. The molecule has 3 rings (SSSR count). The van der Waals surface area contributed by atoms with Gasteiger partial charge in [0.05, 0.1) is 22.0 Å². The summed E-state index contributed by atoms with van der Waals surface area (Å²) in [5, 5.41) is 6.83. The number of ether oxygens (including phenoxy) is 1. The minimum absolute atomic E-state index is 0.120. The monoisotopic (exact) mass is 438 g/mol. The number of nitrogens with zero attached hydrogens (tertiary/aromatic N) is 3. The number of carbonyl (C=O) groups excluding carboxylic acids is 1. The van der Waals surface area contributed by atoms with Crippen LogP contribution < -0.4 is 16.6 Å². The predicted molar refractivity (Wildman–Crippen MR) is 115 cm³/mol. The van der Waals surface area contributed by atoms with Crippen LogP contribution in [0.4, 0.5) is 5.13 Å². The van der Waals surface area contributed by atoms with Crippen LogP contribution in [0.1, 0.15) is 24.2 Å². The summed E-state index contributed by atoms with van der Waals surface area (Å²) >= 11 is 7.39. The molecular formula is C19H27ClN6O2S. The fourth-order valence-electron chi connectivity index (χ4n) is 3.46. The van der Waals surface area contributed by atoms with Gasteiger partial charge >= 0.3 is 0 Å². The summed E-state index contributed by atoms with van der Waals surface area (Å²) in [4.78, 5) is 22.0. The molecule has 0 aliphatic carbocycles. The van der Waals surface area contributed by atoms with Crippen molar-refractivity contribution in [2.75, 3.05) is 38.2 Å². The van der Waals surface area contributed by atoms with E-state index in [-0.39, 0.29) is 12.2 Å². The maximum atomic E-state index is 10.9. The Balaban J connectivity index is 1.47. The number of thiazole rings is 1. The summed E-state index contributed by atoms with van der Waals surface area (Å²) in [5.74, 6) is 5.39. The summed E-state index contributed by atoms with van der Waals surface area (Å²) in [6, 6.07) is 3.73. The molecule has 1 saturated heterocycles. The maximum Gasteiger partial charge on any atom is 0.197 e. The number of halogens is 1. The van der Waals surface area contributed by atoms with E-state index in [9.17, 15) is 4.79 Å². The molecule has 0 spiro atoms. The van der Waals surface area contributed by atoms with Gasteiger partial charge in [0.1, 0.15) is 12.9 Å². The molecule has 0 unspecified atom stereocenters. The van der Waals surface area contributed by atoms with Crippen LogP contribution in [-0.4, -0.2) is 59.5 Å². The van der Waals surface area contributed by atoms with Crippen molar-refractivity contribution in [3.05, 3.63) is 40.1 Å². The second kappa shape index (κ2) is 11.0. The highest BCUT2D eigenvalue weighted by Gasteiger charge is 2.35. The number of likely N-dealkylation sites (tertiary alicyclic amines) is 1. The van der Waals surface area contributed by atoms with Crippen molar-refractivity contribution in [3.63, 3.8) is 0 Å². The highest BCUT2D eigenvalue weighted by molar-refractivity contribution is 7.13. The van der Waals surface area contributed by atoms with E-state index < -0.39 is 0 Å². The average molecular weight is 439 g/mol. The smallest absolute Gasteiger partial charge is 0.197 e. The number of hydrazine groups is 1. The van der Waals surface area contributed by atoms with Gasteiger partial charge in [-0.25, -0.2) is 10.8 Å². The van der Waals surface area contributed by atoms with Crippen molar-refractivity contribution < 1.29 is 9.53 Å². The molecule has 29 heavy (non-hydrogen) atoms. The van der Waals surface area contributed by atoms with Gasteiger partial charge in [-0.1, -0.05) is 11.6 Å². The molecule has 0 atom stereocenters. The lowest BCUT2D eigenvalue weighted by Gasteiger charge is -2.41. The number of aldehydes is 1. The van der Waals surface area contributed by atoms with Gasteiger partial charge < -0.3 is 19.7 Å². The number of pyridine rings is 1. The zero-order chi connectivity index (χ0) is 20.5. The van der Waals surface area contributed by atoms with Crippen LogP contribution >= 0.6 is 22.9 Å². The first-order valence-electron chi connectivity index (χ1n) is 9.64. The van der Waals surface area contributed by atoms with Crippen LogP contribution in [0.25, 0.3) is 0 Å². The van der Waals surface area contributed by atoms with Gasteiger partial charge in [-0.05, 0) is 25.0 Å². The number of piperidine rings is 1. The van der Waals surface area contributed by atoms with Crippen LogP contribution in [0.2, 0.25) is 5.02 Å². The van der Waals surface area contributed by atoms with Crippen molar-refractivity contribution in [1.82, 2.24) is 20.2 Å². The number of nitrogen functional groups attached to an aromatic ring is 1. The topological polar surface area (TPSA) is 105 Å². The van der Waals surface area contributed by atoms with Gasteiger partial charge in [0.15, 0.2) is 5.13 Å². The number of aromatic nitrogens is 2. The van der Waals surface area contributed by atoms with Crippen molar-refractivity contribution in [3.8, 4) is 0 Å². The fraction of sp³-hybridized carbons (Fsp3) is 0.526. The van der Waals surface area contributed by atoms with Gasteiger partial charge in [0.25, 0.3) is 0 Å². The normalized spacial score (nSPS) is 16.6. The third-order valence-corrected chi connectivity index (χ3v) is 6.17. The number of nitrogens with two attached hydrogens (primary N) is 1. The Morgan fingerprint density at radius 2 is 2.17 bits per heavy atom. The zero-order valence-corrected chi connectivity index (χ0v) is 17.8. The summed E-state index contributed by atoms with van der Waals surface area (Å²) in [7, 11) is 0. The number of anilines is 1. The van der Waals surface area contributed by atoms with E-state index in [0.717, 1.165) is 61.7 Å². The van der Waals surface area contributed by atoms with Crippen LogP contribution in [0.15, 0.2) is 23.7 Å². The van der Waals surface area contributed by atoms with Gasteiger partial charge in [-0.15, -0.1) is 11.3 Å². The standard InChI is InChI=1S/C19H27ClN6O2S/c20-15-1-2-16(23-11-15)12-22-14-19(28-10-9-27)4-7-26(8-5-19)6-3-17-13-29-18(24-17)25-21/h1-2,9,11,13,22H,3-8,10,12,14,21H2,(H,24,25). The first-order valence-corrected chi connectivity index (χ1v) is 10.9. The Labute approximate surface area is 179 Å². The molecule has 0 aromatic carbocycles. The molecule has 1 aliphatic heterocycles. The highest BCUT2D eigenvalue weighted by atomic mass is 35.5. The number of hydrogen-bond donors (Lipinski definition) is 3. The number of rotatable bonds is 11. The average Bonchev–Trinajstić information content (AvgIpc) is 3.21. The third-order valence-electron chi connectivity index (χ3n) is 5.13. The van der Waals surface area contributed by atoms with E-state index in [4.69, 9.17) is 22.2 Å². The first-order chi connectivity index (χ1) is 14.1. The number of carbonyl (C=O) groups is 1. The molecule has 0 amide bonds. The Hall–Kier alpha value is -1.62. The Morgan fingerprint density at radius 1 is 1.34 bits per heavy atom. The number of nitrogens with one attached hydrogen (secondary N) is 2. The lowest BCUT2D eigenvalue weighted by molar-refractivity contribution is -0.124. The molecule has 0 bridgehead atoms. The van der Waals surface area contributed by atoms with Crippen molar-refractivity contribution in [2.24, 2.45) is 5.84 Å². The molecular weight excluding hydrogens is 412 g/mol. The highest BCUT2D eigenvalue weighted by Crippen LogP contribution is 2.26. The maximum absolute atomic E-state index is 10.9. The second-order valence-electron chi connectivity index (χ2n) is 7.11. The van der Waals surface area contributed by atoms with Gasteiger partial charge in [0, 0.05) is 50.7 Å². The Kier molecular flexibility index (Phi) is 8.34. The molecule has 3 heterocycles. The molecule has 8 nitrogen and oxygen atoms in total. The fourth-order valence-corrected chi connectivity index (χ4v) is 4.23. The first kappa shape index (κ1) is 22.1. The minimum Gasteiger partial charge on any atom is -0.366 e. The van der Waals surface area contributed by atoms with Crippen LogP contribution in [-0.2, 0) is 22.5 Å². The molecule has 0 radical (unpaired) electrons. The van der Waals surface area contributed by atoms with E-state index in [1.807, 2.05) is 17.5 Å². The number of hydrogen-bond acceptors (Lipinski definition) is 9. The molecule has 1 fully saturated rings. The van der Waals surface area contributed by atoms with E-state index in [0.29, 0.717) is 18.1 Å². The van der Waals surface area contributed by atoms with Crippen molar-refractivity contribution >= 4 is 34.4 Å². The van der Waals surface area contributed by atoms with E-state index in [1.165, 1.54) is 11.3 Å². The molecule has 4 N–H and O–H groups in total. The van der Waals surface area contributed by atoms with E-state index in [1.54, 1.807) is 6.20 Å². The molecule has 2 aromatic heterocycles. The van der Waals surface area contributed by atoms with Crippen LogP contribution in [0.5, 0.6) is 0 Å². The zero-order valence-electron chi connectivity index (χ0n) is 16.3. The summed E-state index contributed by atoms with van der Waals surface area (Å²) in [6.45, 7) is 4.22. The lowest BCUT2D eigenvalue weighted by atomic mass is 9.90. The van der Waals surface area contributed by atoms with E-state index in [2.05, 4.69) is 25.6 Å². The lowest BCUT2D eigenvalue weighted by Crippen LogP contribution is -2.52. The summed E-state index contributed by atoms with van der Waals surface area (Å²) in [5.41, 5.74) is 4.22. The predicted octanol–water partition coefficient (Wildman–Crippen LogP) is 1.86. The largest absolute Gasteiger partial charge is 0.366 e. The molecule has 0 saturated carbocycles. The van der Waals surface area contributed by atoms with Gasteiger partial charge in [0.2, 0.25) is 0 Å². The Morgan fingerprint density at radius 3 is 2.83 bits per heavy atom. The minimum atomic E-state index is -0.332. The SMILES string of the molecule is NNc1nc(CCN2CCC(CNCc3ccc(Cl)cn3)(OCC=O)CC2)cs1. The molecule has 2 aromatic rings. The van der Waals surface area contributed by atoms with Crippen molar-refractivity contribution in [1.29, 1.82) is 0 Å².